The Morgan fingerprint density at radius 3 is 2.84 bits per heavy atom. The molecule has 0 spiro atoms. The first-order valence-corrected chi connectivity index (χ1v) is 8.31. The minimum atomic E-state index is -0.392. The van der Waals surface area contributed by atoms with E-state index in [0.717, 1.165) is 4.70 Å². The topological polar surface area (TPSA) is 92.1 Å². The summed E-state index contributed by atoms with van der Waals surface area (Å²) in [6.07, 6.45) is 0. The average molecular weight is 351 g/mol. The van der Waals surface area contributed by atoms with Crippen LogP contribution >= 0.6 is 11.3 Å². The van der Waals surface area contributed by atoms with E-state index in [2.05, 4.69) is 10.3 Å². The largest absolute Gasteiger partial charge is 0.462 e. The van der Waals surface area contributed by atoms with Gasteiger partial charge in [-0.2, -0.15) is 5.26 Å². The molecule has 0 bridgehead atoms. The van der Waals surface area contributed by atoms with Crippen molar-refractivity contribution in [2.24, 2.45) is 0 Å². The zero-order chi connectivity index (χ0) is 17.8. The molecule has 0 atom stereocenters. The molecule has 1 heterocycles. The van der Waals surface area contributed by atoms with Gasteiger partial charge in [0.05, 0.1) is 34.0 Å². The van der Waals surface area contributed by atoms with Crippen molar-refractivity contribution in [3.63, 3.8) is 0 Å². The van der Waals surface area contributed by atoms with Crippen molar-refractivity contribution in [1.82, 2.24) is 4.98 Å². The quantitative estimate of drug-likeness (QED) is 0.725. The van der Waals surface area contributed by atoms with E-state index in [4.69, 9.17) is 10.00 Å². The molecule has 124 valence electrons. The fourth-order valence-electron chi connectivity index (χ4n) is 2.22. The summed E-state index contributed by atoms with van der Waals surface area (Å²) in [5.41, 5.74) is 1.92. The fraction of sp³-hybridized carbons (Fsp3) is 0.111. The highest BCUT2D eigenvalue weighted by Crippen LogP contribution is 2.27. The lowest BCUT2D eigenvalue weighted by atomic mass is 10.1. The second-order valence-corrected chi connectivity index (χ2v) is 6.10. The third-order valence-corrected chi connectivity index (χ3v) is 4.31. The second-order valence-electron chi connectivity index (χ2n) is 5.07. The van der Waals surface area contributed by atoms with Gasteiger partial charge in [0.15, 0.2) is 5.13 Å². The molecular formula is C18H13N3O3S. The molecule has 0 aliphatic carbocycles. The molecule has 0 fully saturated rings. The summed E-state index contributed by atoms with van der Waals surface area (Å²) in [7, 11) is 0. The van der Waals surface area contributed by atoms with E-state index in [0.29, 0.717) is 33.9 Å². The van der Waals surface area contributed by atoms with E-state index in [1.165, 1.54) is 17.4 Å². The Morgan fingerprint density at radius 2 is 2.08 bits per heavy atom. The first-order chi connectivity index (χ1) is 12.1. The third-order valence-electron chi connectivity index (χ3n) is 3.37. The number of benzene rings is 2. The first-order valence-electron chi connectivity index (χ1n) is 7.50. The maximum absolute atomic E-state index is 12.3. The van der Waals surface area contributed by atoms with Crippen LogP contribution in [0, 0.1) is 11.3 Å². The molecule has 6 nitrogen and oxygen atoms in total. The van der Waals surface area contributed by atoms with Crippen molar-refractivity contribution >= 4 is 38.6 Å². The second kappa shape index (κ2) is 7.11. The van der Waals surface area contributed by atoms with Crippen molar-refractivity contribution in [3.8, 4) is 6.07 Å². The number of fused-ring (bicyclic) bond motifs is 1. The third kappa shape index (κ3) is 3.65. The lowest BCUT2D eigenvalue weighted by Crippen LogP contribution is -2.11. The molecule has 0 aliphatic rings. The number of nitriles is 1. The summed E-state index contributed by atoms with van der Waals surface area (Å²) in [6, 6.07) is 13.5. The van der Waals surface area contributed by atoms with Gasteiger partial charge in [-0.05, 0) is 43.3 Å². The Kier molecular flexibility index (Phi) is 4.73. The number of nitrogens with zero attached hydrogens (tertiary/aromatic N) is 2. The number of aromatic nitrogens is 1. The van der Waals surface area contributed by atoms with Crippen molar-refractivity contribution in [1.29, 1.82) is 5.26 Å². The van der Waals surface area contributed by atoms with Crippen molar-refractivity contribution in [2.45, 2.75) is 6.92 Å². The smallest absolute Gasteiger partial charge is 0.338 e. The molecule has 3 rings (SSSR count). The van der Waals surface area contributed by atoms with Crippen molar-refractivity contribution in [3.05, 3.63) is 59.2 Å². The molecule has 0 saturated carbocycles. The summed E-state index contributed by atoms with van der Waals surface area (Å²) < 4.78 is 5.75. The molecular weight excluding hydrogens is 338 g/mol. The number of esters is 1. The zero-order valence-electron chi connectivity index (χ0n) is 13.3. The average Bonchev–Trinajstić information content (AvgIpc) is 3.03. The van der Waals surface area contributed by atoms with Crippen LogP contribution in [0.15, 0.2) is 42.5 Å². The molecule has 7 heteroatoms. The number of hydrogen-bond acceptors (Lipinski definition) is 6. The highest BCUT2D eigenvalue weighted by molar-refractivity contribution is 7.22. The highest BCUT2D eigenvalue weighted by Gasteiger charge is 2.13. The van der Waals surface area contributed by atoms with Crippen LogP contribution in [0.25, 0.3) is 10.2 Å². The van der Waals surface area contributed by atoms with Gasteiger partial charge in [0, 0.05) is 5.56 Å². The number of amides is 1. The number of anilines is 1. The van der Waals surface area contributed by atoms with E-state index >= 15 is 0 Å². The molecule has 1 amide bonds. The fourth-order valence-corrected chi connectivity index (χ4v) is 3.12. The monoisotopic (exact) mass is 351 g/mol. The number of hydrogen-bond donors (Lipinski definition) is 1. The minimum absolute atomic E-state index is 0.308. The number of rotatable bonds is 4. The molecule has 2 aromatic carbocycles. The molecule has 25 heavy (non-hydrogen) atoms. The van der Waals surface area contributed by atoms with Gasteiger partial charge < -0.3 is 4.74 Å². The SMILES string of the molecule is CCOC(=O)c1ccc2nc(NC(=O)c3cccc(C#N)c3)sc2c1. The predicted molar refractivity (Wildman–Crippen MR) is 94.7 cm³/mol. The van der Waals surface area contributed by atoms with Crippen LogP contribution in [-0.2, 0) is 4.74 Å². The Morgan fingerprint density at radius 1 is 1.24 bits per heavy atom. The summed E-state index contributed by atoms with van der Waals surface area (Å²) in [4.78, 5) is 28.4. The Labute approximate surface area is 147 Å². The standard InChI is InChI=1S/C18H13N3O3S/c1-2-24-17(23)13-6-7-14-15(9-13)25-18(20-14)21-16(22)12-5-3-4-11(8-12)10-19/h3-9H,2H2,1H3,(H,20,21,22). The maximum atomic E-state index is 12.3. The molecule has 1 N–H and O–H groups in total. The van der Waals surface area contributed by atoms with E-state index in [1.54, 1.807) is 43.3 Å². The summed E-state index contributed by atoms with van der Waals surface area (Å²) >= 11 is 1.26. The van der Waals surface area contributed by atoms with Crippen molar-refractivity contribution < 1.29 is 14.3 Å². The van der Waals surface area contributed by atoms with E-state index < -0.39 is 5.97 Å². The first kappa shape index (κ1) is 16.6. The number of carbonyl (C=O) groups is 2. The number of ether oxygens (including phenoxy) is 1. The maximum Gasteiger partial charge on any atom is 0.338 e. The van der Waals surface area contributed by atoms with Crippen LogP contribution in [0.3, 0.4) is 0 Å². The van der Waals surface area contributed by atoms with Gasteiger partial charge in [0.25, 0.3) is 5.91 Å². The molecule has 1 aromatic heterocycles. The predicted octanol–water partition coefficient (Wildman–Crippen LogP) is 3.60. The van der Waals surface area contributed by atoms with E-state index in [9.17, 15) is 9.59 Å². The summed E-state index contributed by atoms with van der Waals surface area (Å²) in [5.74, 6) is -0.738. The van der Waals surface area contributed by atoms with Gasteiger partial charge in [-0.25, -0.2) is 9.78 Å². The van der Waals surface area contributed by atoms with Crippen LogP contribution in [0.5, 0.6) is 0 Å². The lowest BCUT2D eigenvalue weighted by Gasteiger charge is -2.01. The van der Waals surface area contributed by atoms with Crippen LogP contribution in [0.4, 0.5) is 5.13 Å². The minimum Gasteiger partial charge on any atom is -0.462 e. The number of nitrogens with one attached hydrogen (secondary N) is 1. The van der Waals surface area contributed by atoms with Gasteiger partial charge >= 0.3 is 5.97 Å². The molecule has 0 aliphatic heterocycles. The van der Waals surface area contributed by atoms with Crippen LogP contribution < -0.4 is 5.32 Å². The molecule has 3 aromatic rings. The summed E-state index contributed by atoms with van der Waals surface area (Å²) in [5, 5.41) is 12.0. The Hall–Kier alpha value is -3.24. The number of carbonyl (C=O) groups excluding carboxylic acids is 2. The van der Waals surface area contributed by atoms with Gasteiger partial charge in [-0.15, -0.1) is 0 Å². The van der Waals surface area contributed by atoms with Crippen LogP contribution in [-0.4, -0.2) is 23.5 Å². The van der Waals surface area contributed by atoms with Crippen LogP contribution in [0.1, 0.15) is 33.2 Å². The van der Waals surface area contributed by atoms with Crippen LogP contribution in [0.2, 0.25) is 0 Å². The molecule has 0 radical (unpaired) electrons. The van der Waals surface area contributed by atoms with Gasteiger partial charge in [0.2, 0.25) is 0 Å². The number of thiazole rings is 1. The van der Waals surface area contributed by atoms with E-state index in [1.807, 2.05) is 6.07 Å². The van der Waals surface area contributed by atoms with Gasteiger partial charge in [-0.1, -0.05) is 17.4 Å². The normalized spacial score (nSPS) is 10.2. The van der Waals surface area contributed by atoms with Crippen molar-refractivity contribution in [2.75, 3.05) is 11.9 Å². The highest BCUT2D eigenvalue weighted by atomic mass is 32.1. The molecule has 0 unspecified atom stereocenters. The Balaban J connectivity index is 1.83. The lowest BCUT2D eigenvalue weighted by molar-refractivity contribution is 0.0526. The van der Waals surface area contributed by atoms with Gasteiger partial charge in [-0.3, -0.25) is 10.1 Å². The van der Waals surface area contributed by atoms with E-state index in [-0.39, 0.29) is 5.91 Å². The Bertz CT molecular complexity index is 1000. The molecule has 0 saturated heterocycles. The van der Waals surface area contributed by atoms with Gasteiger partial charge in [0.1, 0.15) is 0 Å². The zero-order valence-corrected chi connectivity index (χ0v) is 14.1. The summed E-state index contributed by atoms with van der Waals surface area (Å²) in [6.45, 7) is 2.06.